The molecule has 1 aromatic carbocycles. The van der Waals surface area contributed by atoms with Gasteiger partial charge in [-0.2, -0.15) is 0 Å². The number of rotatable bonds is 3. The minimum Gasteiger partial charge on any atom is -0.330 e. The van der Waals surface area contributed by atoms with E-state index in [-0.39, 0.29) is 0 Å². The SMILES string of the molecule is Cc1ccccc1-c1cncn1CC1CCNCC1. The molecule has 0 saturated carbocycles. The second-order valence-electron chi connectivity index (χ2n) is 5.44. The van der Waals surface area contributed by atoms with Crippen LogP contribution in [0.1, 0.15) is 18.4 Å². The van der Waals surface area contributed by atoms with Crippen LogP contribution in [-0.2, 0) is 6.54 Å². The summed E-state index contributed by atoms with van der Waals surface area (Å²) in [6.45, 7) is 5.56. The second-order valence-corrected chi connectivity index (χ2v) is 5.44. The summed E-state index contributed by atoms with van der Waals surface area (Å²) < 4.78 is 2.32. The van der Waals surface area contributed by atoms with Crippen LogP contribution in [0.15, 0.2) is 36.8 Å². The van der Waals surface area contributed by atoms with E-state index in [2.05, 4.69) is 46.1 Å². The molecule has 1 aliphatic heterocycles. The fourth-order valence-corrected chi connectivity index (χ4v) is 2.89. The predicted molar refractivity (Wildman–Crippen MR) is 78.0 cm³/mol. The van der Waals surface area contributed by atoms with Crippen LogP contribution in [0.4, 0.5) is 0 Å². The molecule has 0 spiro atoms. The van der Waals surface area contributed by atoms with Gasteiger partial charge in [-0.05, 0) is 44.3 Å². The van der Waals surface area contributed by atoms with Crippen LogP contribution < -0.4 is 5.32 Å². The minimum atomic E-state index is 0.776. The number of aryl methyl sites for hydroxylation is 1. The number of nitrogens with one attached hydrogen (secondary N) is 1. The van der Waals surface area contributed by atoms with Gasteiger partial charge in [-0.3, -0.25) is 0 Å². The maximum absolute atomic E-state index is 4.35. The Bertz CT molecular complexity index is 538. The summed E-state index contributed by atoms with van der Waals surface area (Å²) in [5.74, 6) is 0.776. The monoisotopic (exact) mass is 255 g/mol. The molecule has 1 N–H and O–H groups in total. The van der Waals surface area contributed by atoms with Gasteiger partial charge >= 0.3 is 0 Å². The van der Waals surface area contributed by atoms with E-state index in [1.807, 2.05) is 12.5 Å². The third-order valence-corrected chi connectivity index (χ3v) is 4.05. The molecular formula is C16H21N3. The number of hydrogen-bond donors (Lipinski definition) is 1. The fourth-order valence-electron chi connectivity index (χ4n) is 2.89. The molecule has 0 unspecified atom stereocenters. The number of piperidine rings is 1. The average molecular weight is 255 g/mol. The summed E-state index contributed by atoms with van der Waals surface area (Å²) in [5.41, 5.74) is 3.86. The molecule has 1 aromatic heterocycles. The normalized spacial score (nSPS) is 16.7. The maximum Gasteiger partial charge on any atom is 0.0951 e. The van der Waals surface area contributed by atoms with E-state index in [1.54, 1.807) is 0 Å². The van der Waals surface area contributed by atoms with Crippen LogP contribution in [0, 0.1) is 12.8 Å². The zero-order valence-corrected chi connectivity index (χ0v) is 11.5. The number of imidazole rings is 1. The third kappa shape index (κ3) is 2.71. The minimum absolute atomic E-state index is 0.776. The molecule has 1 fully saturated rings. The molecule has 1 aliphatic rings. The number of nitrogens with zero attached hydrogens (tertiary/aromatic N) is 2. The van der Waals surface area contributed by atoms with Crippen molar-refractivity contribution in [1.29, 1.82) is 0 Å². The van der Waals surface area contributed by atoms with E-state index in [0.717, 1.165) is 25.6 Å². The molecule has 19 heavy (non-hydrogen) atoms. The molecule has 2 heterocycles. The second kappa shape index (κ2) is 5.57. The molecule has 1 saturated heterocycles. The molecule has 2 aromatic rings. The van der Waals surface area contributed by atoms with Crippen molar-refractivity contribution in [3.63, 3.8) is 0 Å². The molecular weight excluding hydrogens is 234 g/mol. The Morgan fingerprint density at radius 2 is 2.05 bits per heavy atom. The van der Waals surface area contributed by atoms with Gasteiger partial charge in [0.15, 0.2) is 0 Å². The maximum atomic E-state index is 4.35. The molecule has 3 rings (SSSR count). The lowest BCUT2D eigenvalue weighted by Crippen LogP contribution is -2.29. The van der Waals surface area contributed by atoms with E-state index >= 15 is 0 Å². The molecule has 0 amide bonds. The van der Waals surface area contributed by atoms with Crippen molar-refractivity contribution in [2.24, 2.45) is 5.92 Å². The Kier molecular flexibility index (Phi) is 3.65. The van der Waals surface area contributed by atoms with Crippen LogP contribution in [-0.4, -0.2) is 22.6 Å². The largest absolute Gasteiger partial charge is 0.330 e. The van der Waals surface area contributed by atoms with Crippen molar-refractivity contribution in [2.45, 2.75) is 26.3 Å². The Morgan fingerprint density at radius 1 is 1.26 bits per heavy atom. The van der Waals surface area contributed by atoms with Gasteiger partial charge in [-0.15, -0.1) is 0 Å². The lowest BCUT2D eigenvalue weighted by molar-refractivity contribution is 0.334. The van der Waals surface area contributed by atoms with Gasteiger partial charge in [-0.25, -0.2) is 4.98 Å². The predicted octanol–water partition coefficient (Wildman–Crippen LogP) is 2.86. The van der Waals surface area contributed by atoms with E-state index in [1.165, 1.54) is 29.7 Å². The van der Waals surface area contributed by atoms with Gasteiger partial charge < -0.3 is 9.88 Å². The summed E-state index contributed by atoms with van der Waals surface area (Å²) >= 11 is 0. The fraction of sp³-hybridized carbons (Fsp3) is 0.438. The van der Waals surface area contributed by atoms with Gasteiger partial charge in [-0.1, -0.05) is 24.3 Å². The van der Waals surface area contributed by atoms with Crippen LogP contribution in [0.5, 0.6) is 0 Å². The Hall–Kier alpha value is -1.61. The van der Waals surface area contributed by atoms with Crippen molar-refractivity contribution in [3.8, 4) is 11.3 Å². The highest BCUT2D eigenvalue weighted by molar-refractivity contribution is 5.63. The summed E-state index contributed by atoms with van der Waals surface area (Å²) in [7, 11) is 0. The van der Waals surface area contributed by atoms with E-state index in [0.29, 0.717) is 0 Å². The summed E-state index contributed by atoms with van der Waals surface area (Å²) in [6, 6.07) is 8.54. The van der Waals surface area contributed by atoms with E-state index in [9.17, 15) is 0 Å². The Morgan fingerprint density at radius 3 is 2.84 bits per heavy atom. The first kappa shape index (κ1) is 12.4. The first-order chi connectivity index (χ1) is 9.34. The van der Waals surface area contributed by atoms with E-state index < -0.39 is 0 Å². The third-order valence-electron chi connectivity index (χ3n) is 4.05. The van der Waals surface area contributed by atoms with Crippen LogP contribution in [0.2, 0.25) is 0 Å². The van der Waals surface area contributed by atoms with Crippen molar-refractivity contribution in [2.75, 3.05) is 13.1 Å². The quantitative estimate of drug-likeness (QED) is 0.914. The lowest BCUT2D eigenvalue weighted by Gasteiger charge is -2.23. The highest BCUT2D eigenvalue weighted by Gasteiger charge is 2.15. The van der Waals surface area contributed by atoms with Gasteiger partial charge in [0.05, 0.1) is 18.2 Å². The van der Waals surface area contributed by atoms with Crippen LogP contribution >= 0.6 is 0 Å². The summed E-state index contributed by atoms with van der Waals surface area (Å²) in [4.78, 5) is 4.35. The first-order valence-corrected chi connectivity index (χ1v) is 7.11. The van der Waals surface area contributed by atoms with Gasteiger partial charge in [0.1, 0.15) is 0 Å². The summed E-state index contributed by atoms with van der Waals surface area (Å²) in [5, 5.41) is 3.42. The molecule has 3 heteroatoms. The Balaban J connectivity index is 1.84. The zero-order chi connectivity index (χ0) is 13.1. The zero-order valence-electron chi connectivity index (χ0n) is 11.5. The standard InChI is InChI=1S/C16H21N3/c1-13-4-2-3-5-15(13)16-10-18-12-19(16)11-14-6-8-17-9-7-14/h2-5,10,12,14,17H,6-9,11H2,1H3. The molecule has 0 bridgehead atoms. The Labute approximate surface area is 114 Å². The van der Waals surface area contributed by atoms with Crippen molar-refractivity contribution < 1.29 is 0 Å². The average Bonchev–Trinajstić information content (AvgIpc) is 2.88. The van der Waals surface area contributed by atoms with Crippen molar-refractivity contribution >= 4 is 0 Å². The molecule has 0 atom stereocenters. The van der Waals surface area contributed by atoms with Crippen molar-refractivity contribution in [1.82, 2.24) is 14.9 Å². The number of benzene rings is 1. The van der Waals surface area contributed by atoms with Crippen LogP contribution in [0.3, 0.4) is 0 Å². The van der Waals surface area contributed by atoms with Crippen molar-refractivity contribution in [3.05, 3.63) is 42.4 Å². The lowest BCUT2D eigenvalue weighted by atomic mass is 9.97. The van der Waals surface area contributed by atoms with Crippen LogP contribution in [0.25, 0.3) is 11.3 Å². The smallest absolute Gasteiger partial charge is 0.0951 e. The summed E-state index contributed by atoms with van der Waals surface area (Å²) in [6.07, 6.45) is 6.50. The molecule has 0 aliphatic carbocycles. The topological polar surface area (TPSA) is 29.9 Å². The number of aromatic nitrogens is 2. The molecule has 3 nitrogen and oxygen atoms in total. The number of hydrogen-bond acceptors (Lipinski definition) is 2. The van der Waals surface area contributed by atoms with E-state index in [4.69, 9.17) is 0 Å². The molecule has 0 radical (unpaired) electrons. The van der Waals surface area contributed by atoms with Gasteiger partial charge in [0.2, 0.25) is 0 Å². The van der Waals surface area contributed by atoms with Gasteiger partial charge in [0.25, 0.3) is 0 Å². The van der Waals surface area contributed by atoms with Gasteiger partial charge in [0, 0.05) is 12.1 Å². The highest BCUT2D eigenvalue weighted by Crippen LogP contribution is 2.24. The molecule has 100 valence electrons. The first-order valence-electron chi connectivity index (χ1n) is 7.11. The highest BCUT2D eigenvalue weighted by atomic mass is 15.0.